The quantitative estimate of drug-likeness (QED) is 0.565. The van der Waals surface area contributed by atoms with Gasteiger partial charge in [-0.15, -0.1) is 0 Å². The van der Waals surface area contributed by atoms with E-state index < -0.39 is 10.4 Å². The molecule has 4 nitrogen and oxygen atoms in total. The molecule has 62 valence electrons. The number of hydrogen-bond donors (Lipinski definition) is 2. The molecule has 0 spiro atoms. The second-order valence-corrected chi connectivity index (χ2v) is 9.74. The summed E-state index contributed by atoms with van der Waals surface area (Å²) in [7, 11) is -4.67. The van der Waals surface area contributed by atoms with Gasteiger partial charge < -0.3 is 0 Å². The van der Waals surface area contributed by atoms with Crippen molar-refractivity contribution in [1.29, 1.82) is 0 Å². The maximum absolute atomic E-state index is 8.74. The zero-order valence-electron chi connectivity index (χ0n) is 6.03. The van der Waals surface area contributed by atoms with Crippen LogP contribution in [0.1, 0.15) is 13.8 Å². The van der Waals surface area contributed by atoms with Crippen molar-refractivity contribution in [2.24, 2.45) is 0 Å². The van der Waals surface area contributed by atoms with E-state index in [2.05, 4.69) is 13.8 Å². The van der Waals surface area contributed by atoms with Gasteiger partial charge in [0.05, 0.1) is 0 Å². The van der Waals surface area contributed by atoms with Crippen LogP contribution in [0.15, 0.2) is 0 Å². The van der Waals surface area contributed by atoms with Crippen LogP contribution in [0.3, 0.4) is 0 Å². The van der Waals surface area contributed by atoms with Crippen LogP contribution in [0.5, 0.6) is 0 Å². The number of rotatable bonds is 2. The van der Waals surface area contributed by atoms with Gasteiger partial charge in [-0.1, -0.05) is 0 Å². The SMILES string of the molecule is C[CH2][Pb][CH2]C.O=S(=O)(O)O. The van der Waals surface area contributed by atoms with Gasteiger partial charge in [-0.25, -0.2) is 0 Å². The van der Waals surface area contributed by atoms with Crippen molar-refractivity contribution in [3.05, 3.63) is 0 Å². The largest absolute Gasteiger partial charge is 0.394 e. The van der Waals surface area contributed by atoms with Crippen LogP contribution in [0.25, 0.3) is 0 Å². The van der Waals surface area contributed by atoms with E-state index in [-0.39, 0.29) is 24.2 Å². The first kappa shape index (κ1) is 13.4. The molecular weight excluding hydrogens is 351 g/mol. The van der Waals surface area contributed by atoms with Gasteiger partial charge in [0.25, 0.3) is 0 Å². The van der Waals surface area contributed by atoms with Crippen molar-refractivity contribution in [1.82, 2.24) is 0 Å². The molecular formula is C4H12O4PbS. The van der Waals surface area contributed by atoms with Crippen LogP contribution in [0, 0.1) is 0 Å². The van der Waals surface area contributed by atoms with E-state index in [4.69, 9.17) is 17.5 Å². The predicted molar refractivity (Wildman–Crippen MR) is 40.9 cm³/mol. The first-order valence-corrected chi connectivity index (χ1v) is 9.71. The van der Waals surface area contributed by atoms with Gasteiger partial charge in [-0.05, 0) is 0 Å². The fourth-order valence-electron chi connectivity index (χ4n) is 0.250. The average Bonchev–Trinajstić information content (AvgIpc) is 1.63. The summed E-state index contributed by atoms with van der Waals surface area (Å²) < 4.78 is 34.7. The first-order chi connectivity index (χ1) is 4.41. The van der Waals surface area contributed by atoms with Crippen molar-refractivity contribution in [3.63, 3.8) is 0 Å². The standard InChI is InChI=1S/2C2H5.H2O4S.Pb/c2*1-2;1-5(2,3)4;/h2*1H2,2H3;(H2,1,2,3,4);. The van der Waals surface area contributed by atoms with E-state index in [1.54, 1.807) is 0 Å². The van der Waals surface area contributed by atoms with Gasteiger partial charge >= 0.3 is 56.4 Å². The molecule has 0 aromatic carbocycles. The molecule has 0 aromatic heterocycles. The van der Waals surface area contributed by atoms with Gasteiger partial charge in [0, 0.05) is 0 Å². The van der Waals surface area contributed by atoms with Crippen molar-refractivity contribution < 1.29 is 17.5 Å². The van der Waals surface area contributed by atoms with E-state index in [1.165, 1.54) is 7.96 Å². The Morgan fingerprint density at radius 2 is 1.40 bits per heavy atom. The van der Waals surface area contributed by atoms with Crippen LogP contribution >= 0.6 is 0 Å². The van der Waals surface area contributed by atoms with E-state index in [9.17, 15) is 0 Å². The Hall–Kier alpha value is 0.792. The molecule has 10 heavy (non-hydrogen) atoms. The smallest absolute Gasteiger partial charge is 0.264 e. The Morgan fingerprint density at radius 1 is 1.20 bits per heavy atom. The van der Waals surface area contributed by atoms with Gasteiger partial charge in [-0.3, -0.25) is 9.11 Å². The molecule has 0 rings (SSSR count). The molecule has 0 aliphatic rings. The second-order valence-electron chi connectivity index (χ2n) is 1.40. The fraction of sp³-hybridized carbons (Fsp3) is 1.00. The monoisotopic (exact) mass is 364 g/mol. The molecule has 0 aromatic rings. The molecule has 0 bridgehead atoms. The Bertz CT molecular complexity index is 131. The molecule has 0 fully saturated rings. The van der Waals surface area contributed by atoms with Gasteiger partial charge in [-0.2, -0.15) is 8.42 Å². The van der Waals surface area contributed by atoms with Gasteiger partial charge in [0.15, 0.2) is 0 Å². The van der Waals surface area contributed by atoms with E-state index in [1.807, 2.05) is 0 Å². The van der Waals surface area contributed by atoms with Crippen LogP contribution < -0.4 is 0 Å². The molecule has 6 heteroatoms. The minimum Gasteiger partial charge on any atom is -0.264 e. The Balaban J connectivity index is 0. The molecule has 0 atom stereocenters. The zero-order valence-corrected chi connectivity index (χ0v) is 10.7. The molecule has 0 heterocycles. The molecule has 0 aliphatic carbocycles. The van der Waals surface area contributed by atoms with Crippen LogP contribution in [0.4, 0.5) is 0 Å². The summed E-state index contributed by atoms with van der Waals surface area (Å²) in [5.74, 6) is 0. The summed E-state index contributed by atoms with van der Waals surface area (Å²) in [6.07, 6.45) is 0. The molecule has 2 N–H and O–H groups in total. The first-order valence-electron chi connectivity index (χ1n) is 2.82. The fourth-order valence-corrected chi connectivity index (χ4v) is 2.19. The van der Waals surface area contributed by atoms with Crippen molar-refractivity contribution in [2.75, 3.05) is 0 Å². The third kappa shape index (κ3) is 68.5. The van der Waals surface area contributed by atoms with Gasteiger partial charge in [0.2, 0.25) is 0 Å². The average molecular weight is 363 g/mol. The van der Waals surface area contributed by atoms with Crippen LogP contribution in [-0.2, 0) is 10.4 Å². The van der Waals surface area contributed by atoms with Gasteiger partial charge in [0.1, 0.15) is 0 Å². The van der Waals surface area contributed by atoms with E-state index in [0.717, 1.165) is 0 Å². The normalized spacial score (nSPS) is 10.0. The van der Waals surface area contributed by atoms with E-state index >= 15 is 0 Å². The summed E-state index contributed by atoms with van der Waals surface area (Å²) in [5, 5.41) is 0. The summed E-state index contributed by atoms with van der Waals surface area (Å²) in [4.78, 5) is 0. The molecule has 0 saturated carbocycles. The molecule has 2 radical (unpaired) electrons. The summed E-state index contributed by atoms with van der Waals surface area (Å²) in [6.45, 7) is 4.60. The second kappa shape index (κ2) is 7.89. The third-order valence-corrected chi connectivity index (χ3v) is 4.39. The Labute approximate surface area is 73.8 Å². The maximum Gasteiger partial charge on any atom is 0.394 e. The molecule has 0 saturated heterocycles. The minimum absolute atomic E-state index is 0.0494. The van der Waals surface area contributed by atoms with E-state index in [0.29, 0.717) is 0 Å². The Kier molecular flexibility index (Phi) is 10.6. The predicted octanol–water partition coefficient (Wildman–Crippen LogP) is 0.914. The summed E-state index contributed by atoms with van der Waals surface area (Å²) in [6, 6.07) is 0. The zero-order chi connectivity index (χ0) is 8.62. The van der Waals surface area contributed by atoms with Crippen LogP contribution in [0.2, 0.25) is 7.96 Å². The molecule has 0 aliphatic heterocycles. The molecule has 0 unspecified atom stereocenters. The van der Waals surface area contributed by atoms with Crippen molar-refractivity contribution in [3.8, 4) is 0 Å². The topological polar surface area (TPSA) is 74.6 Å². The molecule has 0 amide bonds. The van der Waals surface area contributed by atoms with Crippen molar-refractivity contribution >= 4 is 34.6 Å². The third-order valence-electron chi connectivity index (χ3n) is 0.500. The minimum atomic E-state index is -4.67. The van der Waals surface area contributed by atoms with Crippen LogP contribution in [-0.4, -0.2) is 41.8 Å². The summed E-state index contributed by atoms with van der Waals surface area (Å²) >= 11 is 0.0494. The maximum atomic E-state index is 8.74. The number of hydrogen-bond acceptors (Lipinski definition) is 2. The Morgan fingerprint density at radius 3 is 1.40 bits per heavy atom. The van der Waals surface area contributed by atoms with Crippen molar-refractivity contribution in [2.45, 2.75) is 21.8 Å². The summed E-state index contributed by atoms with van der Waals surface area (Å²) in [5.41, 5.74) is 0.